The van der Waals surface area contributed by atoms with Crippen LogP contribution in [0.1, 0.15) is 15.9 Å². The van der Waals surface area contributed by atoms with E-state index in [1.165, 1.54) is 0 Å². The Bertz CT molecular complexity index is 894. The summed E-state index contributed by atoms with van der Waals surface area (Å²) in [5.41, 5.74) is 1.18. The maximum Gasteiger partial charge on any atom is 0.343 e. The number of aliphatic hydroxyl groups excluding tert-OH is 1. The van der Waals surface area contributed by atoms with Crippen molar-refractivity contribution in [3.8, 4) is 5.75 Å². The highest BCUT2D eigenvalue weighted by Gasteiger charge is 2.32. The van der Waals surface area contributed by atoms with Crippen molar-refractivity contribution in [2.45, 2.75) is 6.29 Å². The average Bonchev–Trinajstić information content (AvgIpc) is 2.91. The summed E-state index contributed by atoms with van der Waals surface area (Å²) in [7, 11) is 0. The number of carbonyl (C=O) groups is 2. The Morgan fingerprint density at radius 2 is 1.81 bits per heavy atom. The van der Waals surface area contributed by atoms with Crippen molar-refractivity contribution in [1.29, 1.82) is 0 Å². The summed E-state index contributed by atoms with van der Waals surface area (Å²) in [5.74, 6) is -0.443. The topological polar surface area (TPSA) is 87.1 Å². The van der Waals surface area contributed by atoms with Crippen LogP contribution < -0.4 is 4.74 Å². The van der Waals surface area contributed by atoms with Gasteiger partial charge in [0.25, 0.3) is 5.91 Å². The number of hydrogen-bond donors (Lipinski definition) is 2. The monoisotopic (exact) mass is 401 g/mol. The van der Waals surface area contributed by atoms with E-state index in [0.717, 1.165) is 22.2 Å². The smallest absolute Gasteiger partial charge is 0.343 e. The van der Waals surface area contributed by atoms with Gasteiger partial charge in [0, 0.05) is 0 Å². The summed E-state index contributed by atoms with van der Waals surface area (Å²) in [6, 6.07) is 15.3. The Balaban J connectivity index is 1.69. The minimum Gasteiger partial charge on any atom is -0.423 e. The summed E-state index contributed by atoms with van der Waals surface area (Å²) in [4.78, 5) is 25.9. The normalized spacial score (nSPS) is 15.7. The molecule has 27 heavy (non-hydrogen) atoms. The van der Waals surface area contributed by atoms with Gasteiger partial charge in [0.15, 0.2) is 6.29 Å². The number of carbonyl (C=O) groups excluding carboxylic acids is 2. The fraction of sp³-hybridized carbons (Fsp3) is 0.105. The van der Waals surface area contributed by atoms with E-state index in [2.05, 4.69) is 0 Å². The van der Waals surface area contributed by atoms with E-state index in [1.807, 2.05) is 6.07 Å². The molecular weight excluding hydrogens is 386 g/mol. The molecule has 3 rings (SSSR count). The van der Waals surface area contributed by atoms with Gasteiger partial charge in [-0.1, -0.05) is 54.3 Å². The average molecular weight is 401 g/mol. The Morgan fingerprint density at radius 1 is 1.15 bits per heavy atom. The largest absolute Gasteiger partial charge is 0.423 e. The lowest BCUT2D eigenvalue weighted by atomic mass is 10.2. The van der Waals surface area contributed by atoms with E-state index in [4.69, 9.17) is 27.2 Å². The molecular formula is C19H15NO5S2. The summed E-state index contributed by atoms with van der Waals surface area (Å²) in [5, 5.41) is 18.1. The molecule has 1 amide bonds. The number of thioether (sulfide) groups is 1. The van der Waals surface area contributed by atoms with Crippen LogP contribution in [0.4, 0.5) is 0 Å². The van der Waals surface area contributed by atoms with Gasteiger partial charge in [-0.15, -0.1) is 0 Å². The van der Waals surface area contributed by atoms with Crippen molar-refractivity contribution in [3.05, 3.63) is 70.6 Å². The highest BCUT2D eigenvalue weighted by Crippen LogP contribution is 2.32. The number of rotatable bonds is 5. The molecule has 0 saturated carbocycles. The quantitative estimate of drug-likeness (QED) is 0.262. The van der Waals surface area contributed by atoms with Crippen molar-refractivity contribution in [2.75, 3.05) is 6.54 Å². The number of hydrogen-bond acceptors (Lipinski definition) is 7. The molecule has 1 fully saturated rings. The number of benzene rings is 2. The molecule has 0 aromatic heterocycles. The molecule has 0 radical (unpaired) electrons. The number of esters is 1. The van der Waals surface area contributed by atoms with Gasteiger partial charge in [0.2, 0.25) is 0 Å². The van der Waals surface area contributed by atoms with E-state index < -0.39 is 12.3 Å². The molecule has 2 aromatic rings. The van der Waals surface area contributed by atoms with Crippen LogP contribution in [0.3, 0.4) is 0 Å². The summed E-state index contributed by atoms with van der Waals surface area (Å²) in [6.07, 6.45) is -0.00305. The van der Waals surface area contributed by atoms with Crippen molar-refractivity contribution >= 4 is 46.3 Å². The maximum absolute atomic E-state index is 12.3. The fourth-order valence-electron chi connectivity index (χ4n) is 2.34. The van der Waals surface area contributed by atoms with Gasteiger partial charge in [-0.2, -0.15) is 0 Å². The molecule has 1 aliphatic heterocycles. The third kappa shape index (κ3) is 4.81. The molecule has 6 nitrogen and oxygen atoms in total. The summed E-state index contributed by atoms with van der Waals surface area (Å²) < 4.78 is 5.58. The number of aliphatic hydroxyl groups is 2. The van der Waals surface area contributed by atoms with Crippen molar-refractivity contribution < 1.29 is 24.5 Å². The van der Waals surface area contributed by atoms with Crippen LogP contribution in [-0.2, 0) is 4.79 Å². The Kier molecular flexibility index (Phi) is 6.02. The van der Waals surface area contributed by atoms with Crippen LogP contribution in [0.2, 0.25) is 0 Å². The van der Waals surface area contributed by atoms with Gasteiger partial charge in [0.05, 0.1) is 17.0 Å². The second-order valence-corrected chi connectivity index (χ2v) is 7.27. The molecule has 2 N–H and O–H groups in total. The molecule has 8 heteroatoms. The first-order valence-electron chi connectivity index (χ1n) is 7.93. The van der Waals surface area contributed by atoms with E-state index in [1.54, 1.807) is 54.6 Å². The molecule has 0 unspecified atom stereocenters. The number of thiocarbonyl (C=S) groups is 1. The summed E-state index contributed by atoms with van der Waals surface area (Å²) in [6.45, 7) is -0.267. The zero-order valence-electron chi connectivity index (χ0n) is 13.9. The van der Waals surface area contributed by atoms with Crippen molar-refractivity contribution in [1.82, 2.24) is 4.90 Å². The van der Waals surface area contributed by atoms with Crippen LogP contribution in [-0.4, -0.2) is 44.1 Å². The van der Waals surface area contributed by atoms with Gasteiger partial charge >= 0.3 is 5.97 Å². The molecule has 1 aliphatic rings. The summed E-state index contributed by atoms with van der Waals surface area (Å²) >= 11 is 6.18. The van der Waals surface area contributed by atoms with Gasteiger partial charge in [-0.25, -0.2) is 4.79 Å². The molecule has 0 spiro atoms. The van der Waals surface area contributed by atoms with Gasteiger partial charge in [-0.3, -0.25) is 9.69 Å². The molecule has 0 bridgehead atoms. The highest BCUT2D eigenvalue weighted by atomic mass is 32.2. The predicted molar refractivity (Wildman–Crippen MR) is 106 cm³/mol. The lowest BCUT2D eigenvalue weighted by Crippen LogP contribution is -2.35. The van der Waals surface area contributed by atoms with E-state index in [-0.39, 0.29) is 16.8 Å². The van der Waals surface area contributed by atoms with Crippen LogP contribution in [0, 0.1) is 0 Å². The van der Waals surface area contributed by atoms with Crippen LogP contribution in [0.5, 0.6) is 5.75 Å². The van der Waals surface area contributed by atoms with Crippen LogP contribution in [0.15, 0.2) is 59.5 Å². The zero-order valence-corrected chi connectivity index (χ0v) is 15.6. The Labute approximate surface area is 165 Å². The SMILES string of the molecule is O=C(Oc1ccc(/C=C2\SC(=S)N(CC(O)O)C2=O)cc1)c1ccccc1. The van der Waals surface area contributed by atoms with Gasteiger partial charge in [0.1, 0.15) is 10.1 Å². The molecule has 1 saturated heterocycles. The highest BCUT2D eigenvalue weighted by molar-refractivity contribution is 8.26. The second kappa shape index (κ2) is 8.45. The third-order valence-electron chi connectivity index (χ3n) is 3.62. The minimum atomic E-state index is -1.65. The predicted octanol–water partition coefficient (Wildman–Crippen LogP) is 2.42. The fourth-order valence-corrected chi connectivity index (χ4v) is 3.62. The first kappa shape index (κ1) is 19.2. The zero-order chi connectivity index (χ0) is 19.4. The first-order chi connectivity index (χ1) is 12.9. The molecule has 138 valence electrons. The second-order valence-electron chi connectivity index (χ2n) is 5.60. The van der Waals surface area contributed by atoms with E-state index in [0.29, 0.717) is 16.2 Å². The number of amides is 1. The number of β-amino-alcohol motifs (C(OH)–C–C–N with tert-alkyl or cyclic N) is 2. The van der Waals surface area contributed by atoms with Gasteiger partial charge in [-0.05, 0) is 35.9 Å². The van der Waals surface area contributed by atoms with E-state index >= 15 is 0 Å². The lowest BCUT2D eigenvalue weighted by molar-refractivity contribution is -0.126. The Hall–Kier alpha value is -2.52. The number of nitrogens with zero attached hydrogens (tertiary/aromatic N) is 1. The molecule has 1 heterocycles. The standard InChI is InChI=1S/C19H15NO5S2/c21-16(22)11-20-17(23)15(27-19(20)26)10-12-6-8-14(9-7-12)25-18(24)13-4-2-1-3-5-13/h1-10,16,21-22H,11H2/b15-10-. The van der Waals surface area contributed by atoms with Gasteiger partial charge < -0.3 is 14.9 Å². The van der Waals surface area contributed by atoms with E-state index in [9.17, 15) is 9.59 Å². The Morgan fingerprint density at radius 3 is 2.44 bits per heavy atom. The van der Waals surface area contributed by atoms with Crippen molar-refractivity contribution in [3.63, 3.8) is 0 Å². The third-order valence-corrected chi connectivity index (χ3v) is 5.00. The van der Waals surface area contributed by atoms with Crippen LogP contribution >= 0.6 is 24.0 Å². The maximum atomic E-state index is 12.3. The minimum absolute atomic E-state index is 0.267. The molecule has 0 aliphatic carbocycles. The van der Waals surface area contributed by atoms with Crippen LogP contribution in [0.25, 0.3) is 6.08 Å². The molecule has 2 aromatic carbocycles. The lowest BCUT2D eigenvalue weighted by Gasteiger charge is -2.14. The van der Waals surface area contributed by atoms with Crippen molar-refractivity contribution in [2.24, 2.45) is 0 Å². The number of ether oxygens (including phenoxy) is 1. The molecule has 0 atom stereocenters. The first-order valence-corrected chi connectivity index (χ1v) is 9.15.